The van der Waals surface area contributed by atoms with Gasteiger partial charge < -0.3 is 28.7 Å². The molecule has 0 saturated carbocycles. The van der Waals surface area contributed by atoms with Crippen LogP contribution in [0.3, 0.4) is 0 Å². The minimum Gasteiger partial charge on any atom is -0.495 e. The van der Waals surface area contributed by atoms with Crippen LogP contribution in [0.5, 0.6) is 17.2 Å². The number of nitrogens with one attached hydrogen (secondary N) is 1. The first-order valence-electron chi connectivity index (χ1n) is 9.36. The summed E-state index contributed by atoms with van der Waals surface area (Å²) in [5, 5.41) is 5.20. The fraction of sp³-hybridized carbons (Fsp3) is 0.174. The number of ether oxygens (including phenoxy) is 4. The first-order valence-corrected chi connectivity index (χ1v) is 9.36. The van der Waals surface area contributed by atoms with Gasteiger partial charge in [0.15, 0.2) is 11.5 Å². The van der Waals surface area contributed by atoms with Gasteiger partial charge in [0.25, 0.3) is 0 Å². The van der Waals surface area contributed by atoms with E-state index in [1.54, 1.807) is 19.2 Å². The van der Waals surface area contributed by atoms with E-state index in [0.29, 0.717) is 39.6 Å². The number of cyclic esters (lactones) is 1. The van der Waals surface area contributed by atoms with E-state index >= 15 is 0 Å². The normalized spacial score (nSPS) is 15.2. The molecule has 0 radical (unpaired) electrons. The molecule has 152 valence electrons. The lowest BCUT2D eigenvalue weighted by molar-refractivity contribution is 0.0434. The van der Waals surface area contributed by atoms with Gasteiger partial charge in [-0.05, 0) is 24.3 Å². The minimum atomic E-state index is -0.706. The van der Waals surface area contributed by atoms with Crippen LogP contribution in [-0.2, 0) is 4.74 Å². The molecule has 0 aliphatic carbocycles. The third-order valence-corrected chi connectivity index (χ3v) is 5.27. The van der Waals surface area contributed by atoms with E-state index in [0.717, 1.165) is 16.4 Å². The summed E-state index contributed by atoms with van der Waals surface area (Å²) in [7, 11) is 4.61. The Morgan fingerprint density at radius 3 is 2.43 bits per heavy atom. The van der Waals surface area contributed by atoms with Crippen molar-refractivity contribution in [3.8, 4) is 17.2 Å². The number of carbonyl (C=O) groups excluding carboxylic acids is 1. The second-order valence-electron chi connectivity index (χ2n) is 6.84. The molecular weight excluding hydrogens is 386 g/mol. The van der Waals surface area contributed by atoms with Crippen molar-refractivity contribution >= 4 is 33.6 Å². The molecule has 30 heavy (non-hydrogen) atoms. The number of hydrogen-bond acceptors (Lipinski definition) is 7. The molecule has 7 heteroatoms. The molecule has 4 aromatic rings. The predicted molar refractivity (Wildman–Crippen MR) is 112 cm³/mol. The van der Waals surface area contributed by atoms with Crippen LogP contribution in [-0.4, -0.2) is 27.3 Å². The molecule has 0 saturated heterocycles. The largest absolute Gasteiger partial charge is 0.495 e. The van der Waals surface area contributed by atoms with Gasteiger partial charge in [0.05, 0.1) is 27.0 Å². The molecule has 0 bridgehead atoms. The molecular formula is C23H19NO6. The van der Waals surface area contributed by atoms with Crippen LogP contribution in [0.1, 0.15) is 22.1 Å². The van der Waals surface area contributed by atoms with E-state index < -0.39 is 12.2 Å². The van der Waals surface area contributed by atoms with Crippen LogP contribution in [0, 0.1) is 0 Å². The molecule has 1 aromatic heterocycles. The number of furan rings is 1. The standard InChI is InChI=1S/C23H19NO6/c1-26-17-9-8-13-20(21(17)28-3)23(25)30-22(13)24-15-11-18-14(10-19(15)27-2)12-6-4-5-7-16(12)29-18/h4-11,22,24H,1-3H3/t22-/m1/s1. The van der Waals surface area contributed by atoms with E-state index in [2.05, 4.69) is 5.32 Å². The van der Waals surface area contributed by atoms with Crippen LogP contribution in [0.15, 0.2) is 52.9 Å². The quantitative estimate of drug-likeness (QED) is 0.474. The van der Waals surface area contributed by atoms with Crippen LogP contribution in [0.25, 0.3) is 21.9 Å². The molecule has 1 atom stereocenters. The van der Waals surface area contributed by atoms with Crippen LogP contribution in [0.2, 0.25) is 0 Å². The molecule has 5 rings (SSSR count). The Kier molecular flexibility index (Phi) is 4.17. The molecule has 3 aromatic carbocycles. The summed E-state index contributed by atoms with van der Waals surface area (Å²) in [6, 6.07) is 15.1. The molecule has 0 spiro atoms. The number of fused-ring (bicyclic) bond motifs is 4. The number of rotatable bonds is 5. The summed E-state index contributed by atoms with van der Waals surface area (Å²) in [6.07, 6.45) is -0.706. The van der Waals surface area contributed by atoms with Crippen molar-refractivity contribution in [3.05, 3.63) is 59.7 Å². The number of hydrogen-bond donors (Lipinski definition) is 1. The van der Waals surface area contributed by atoms with Crippen molar-refractivity contribution in [2.45, 2.75) is 6.23 Å². The Morgan fingerprint density at radius 2 is 1.67 bits per heavy atom. The maximum atomic E-state index is 12.6. The summed E-state index contributed by atoms with van der Waals surface area (Å²) in [6.45, 7) is 0. The van der Waals surface area contributed by atoms with Gasteiger partial charge in [0, 0.05) is 22.4 Å². The highest BCUT2D eigenvalue weighted by Gasteiger charge is 2.36. The highest BCUT2D eigenvalue weighted by Crippen LogP contribution is 2.44. The van der Waals surface area contributed by atoms with E-state index in [4.69, 9.17) is 23.4 Å². The molecule has 0 amide bonds. The fourth-order valence-electron chi connectivity index (χ4n) is 3.88. The third kappa shape index (κ3) is 2.62. The van der Waals surface area contributed by atoms with Gasteiger partial charge in [-0.2, -0.15) is 0 Å². The van der Waals surface area contributed by atoms with Crippen molar-refractivity contribution in [3.63, 3.8) is 0 Å². The average Bonchev–Trinajstić information content (AvgIpc) is 3.29. The Hall–Kier alpha value is -3.87. The number of carbonyl (C=O) groups is 1. The van der Waals surface area contributed by atoms with Gasteiger partial charge in [0.1, 0.15) is 22.5 Å². The first kappa shape index (κ1) is 18.2. The SMILES string of the molecule is COc1cc2c(cc1N[C@@H]1OC(=O)c3c1ccc(OC)c3OC)oc1ccccc12. The van der Waals surface area contributed by atoms with Crippen LogP contribution in [0.4, 0.5) is 5.69 Å². The lowest BCUT2D eigenvalue weighted by Gasteiger charge is -2.17. The molecule has 7 nitrogen and oxygen atoms in total. The summed E-state index contributed by atoms with van der Waals surface area (Å²) >= 11 is 0. The van der Waals surface area contributed by atoms with Gasteiger partial charge in [-0.3, -0.25) is 0 Å². The molecule has 2 heterocycles. The van der Waals surface area contributed by atoms with Crippen LogP contribution >= 0.6 is 0 Å². The number of methoxy groups -OCH3 is 3. The van der Waals surface area contributed by atoms with E-state index in [-0.39, 0.29) is 0 Å². The van der Waals surface area contributed by atoms with E-state index in [1.165, 1.54) is 14.2 Å². The maximum absolute atomic E-state index is 12.6. The molecule has 0 fully saturated rings. The predicted octanol–water partition coefficient (Wildman–Crippen LogP) is 4.89. The zero-order valence-corrected chi connectivity index (χ0v) is 16.6. The van der Waals surface area contributed by atoms with E-state index in [1.807, 2.05) is 36.4 Å². The lowest BCUT2D eigenvalue weighted by atomic mass is 10.1. The Morgan fingerprint density at radius 1 is 0.867 bits per heavy atom. The molecule has 1 aliphatic rings. The molecule has 1 N–H and O–H groups in total. The smallest absolute Gasteiger partial charge is 0.344 e. The number of para-hydroxylation sites is 1. The summed E-state index contributed by atoms with van der Waals surface area (Å²) < 4.78 is 27.8. The highest BCUT2D eigenvalue weighted by atomic mass is 16.6. The summed E-state index contributed by atoms with van der Waals surface area (Å²) in [5.41, 5.74) is 3.14. The summed E-state index contributed by atoms with van der Waals surface area (Å²) in [4.78, 5) is 12.6. The topological polar surface area (TPSA) is 79.2 Å². The maximum Gasteiger partial charge on any atom is 0.344 e. The van der Waals surface area contributed by atoms with Gasteiger partial charge in [-0.15, -0.1) is 0 Å². The number of anilines is 1. The van der Waals surface area contributed by atoms with Crippen molar-refractivity contribution in [2.24, 2.45) is 0 Å². The van der Waals surface area contributed by atoms with E-state index in [9.17, 15) is 4.79 Å². The summed E-state index contributed by atoms with van der Waals surface area (Å²) in [5.74, 6) is 0.945. The molecule has 1 aliphatic heterocycles. The van der Waals surface area contributed by atoms with Crippen molar-refractivity contribution in [1.82, 2.24) is 0 Å². The second-order valence-corrected chi connectivity index (χ2v) is 6.84. The van der Waals surface area contributed by atoms with Gasteiger partial charge in [-0.25, -0.2) is 4.79 Å². The Bertz CT molecular complexity index is 1290. The van der Waals surface area contributed by atoms with Gasteiger partial charge in [-0.1, -0.05) is 18.2 Å². The lowest BCUT2D eigenvalue weighted by Crippen LogP contribution is -2.11. The fourth-order valence-corrected chi connectivity index (χ4v) is 3.88. The van der Waals surface area contributed by atoms with Gasteiger partial charge >= 0.3 is 5.97 Å². The number of benzene rings is 3. The third-order valence-electron chi connectivity index (χ3n) is 5.27. The van der Waals surface area contributed by atoms with Crippen molar-refractivity contribution in [2.75, 3.05) is 26.6 Å². The van der Waals surface area contributed by atoms with Crippen LogP contribution < -0.4 is 19.5 Å². The molecule has 0 unspecified atom stereocenters. The Labute approximate surface area is 172 Å². The highest BCUT2D eigenvalue weighted by molar-refractivity contribution is 6.06. The number of esters is 1. The average molecular weight is 405 g/mol. The zero-order valence-electron chi connectivity index (χ0n) is 16.6. The van der Waals surface area contributed by atoms with Crippen molar-refractivity contribution < 1.29 is 28.2 Å². The Balaban J connectivity index is 1.59. The second kappa shape index (κ2) is 6.88. The first-order chi connectivity index (χ1) is 14.6. The minimum absolute atomic E-state index is 0.345. The van der Waals surface area contributed by atoms with Gasteiger partial charge in [0.2, 0.25) is 6.23 Å². The zero-order chi connectivity index (χ0) is 20.8. The monoisotopic (exact) mass is 405 g/mol. The van der Waals surface area contributed by atoms with Crippen molar-refractivity contribution in [1.29, 1.82) is 0 Å².